The number of hydrogen-bond donors (Lipinski definition) is 2. The van der Waals surface area contributed by atoms with Crippen molar-refractivity contribution in [3.8, 4) is 0 Å². The van der Waals surface area contributed by atoms with E-state index in [1.165, 1.54) is 4.31 Å². The van der Waals surface area contributed by atoms with Crippen LogP contribution in [0, 0.1) is 5.41 Å². The van der Waals surface area contributed by atoms with Crippen molar-refractivity contribution in [2.24, 2.45) is 5.41 Å². The summed E-state index contributed by atoms with van der Waals surface area (Å²) >= 11 is 0. The summed E-state index contributed by atoms with van der Waals surface area (Å²) in [5.41, 5.74) is -0.150. The monoisotopic (exact) mass is 322 g/mol. The summed E-state index contributed by atoms with van der Waals surface area (Å²) < 4.78 is 28.8. The number of aliphatic carboxylic acids is 1. The Bertz CT molecular complexity index is 409. The molecule has 2 N–H and O–H groups in total. The molecule has 6 nitrogen and oxygen atoms in total. The zero-order valence-electron chi connectivity index (χ0n) is 13.8. The molecule has 126 valence electrons. The van der Waals surface area contributed by atoms with Crippen molar-refractivity contribution in [1.82, 2.24) is 9.03 Å². The predicted molar refractivity (Wildman–Crippen MR) is 84.3 cm³/mol. The molecule has 0 aliphatic carbocycles. The second-order valence-electron chi connectivity index (χ2n) is 6.58. The van der Waals surface area contributed by atoms with Crippen molar-refractivity contribution in [1.29, 1.82) is 0 Å². The molecule has 21 heavy (non-hydrogen) atoms. The maximum absolute atomic E-state index is 12.4. The number of carboxylic acids is 1. The molecule has 0 heterocycles. The molecule has 0 saturated heterocycles. The van der Waals surface area contributed by atoms with E-state index >= 15 is 0 Å². The van der Waals surface area contributed by atoms with Crippen LogP contribution >= 0.6 is 0 Å². The lowest BCUT2D eigenvalue weighted by Gasteiger charge is -2.29. The van der Waals surface area contributed by atoms with Gasteiger partial charge in [0, 0.05) is 19.1 Å². The van der Waals surface area contributed by atoms with Crippen LogP contribution in [0.25, 0.3) is 0 Å². The summed E-state index contributed by atoms with van der Waals surface area (Å²) in [6, 6.07) is -0.594. The third kappa shape index (κ3) is 9.06. The molecule has 0 radical (unpaired) electrons. The van der Waals surface area contributed by atoms with Gasteiger partial charge >= 0.3 is 5.97 Å². The minimum atomic E-state index is -3.64. The van der Waals surface area contributed by atoms with Crippen molar-refractivity contribution >= 4 is 16.2 Å². The summed E-state index contributed by atoms with van der Waals surface area (Å²) in [6.07, 6.45) is 1.72. The molecule has 0 fully saturated rings. The molecule has 0 saturated carbocycles. The van der Waals surface area contributed by atoms with Gasteiger partial charge in [0.1, 0.15) is 0 Å². The molecular formula is C14H30N2O4S. The lowest BCUT2D eigenvalue weighted by atomic mass is 9.87. The SMILES string of the molecule is CCCN(CCC)S(=O)(=O)NC(CC(=O)O)CC(C)(C)C. The van der Waals surface area contributed by atoms with Crippen molar-refractivity contribution in [3.05, 3.63) is 0 Å². The molecular weight excluding hydrogens is 292 g/mol. The Kier molecular flexibility index (Phi) is 8.43. The Balaban J connectivity index is 5.04. The summed E-state index contributed by atoms with van der Waals surface area (Å²) in [7, 11) is -3.64. The van der Waals surface area contributed by atoms with Gasteiger partial charge in [0.15, 0.2) is 0 Å². The summed E-state index contributed by atoms with van der Waals surface area (Å²) in [5.74, 6) is -0.996. The molecule has 0 amide bonds. The van der Waals surface area contributed by atoms with Crippen LogP contribution in [0.15, 0.2) is 0 Å². The van der Waals surface area contributed by atoms with Crippen LogP contribution in [0.2, 0.25) is 0 Å². The second kappa shape index (κ2) is 8.70. The molecule has 0 rings (SSSR count). The maximum Gasteiger partial charge on any atom is 0.304 e. The van der Waals surface area contributed by atoms with Crippen molar-refractivity contribution in [3.63, 3.8) is 0 Å². The highest BCUT2D eigenvalue weighted by molar-refractivity contribution is 7.87. The average Bonchev–Trinajstić information content (AvgIpc) is 2.24. The predicted octanol–water partition coefficient (Wildman–Crippen LogP) is 2.22. The highest BCUT2D eigenvalue weighted by atomic mass is 32.2. The fourth-order valence-corrected chi connectivity index (χ4v) is 3.82. The Labute approximate surface area is 129 Å². The molecule has 0 aromatic heterocycles. The number of rotatable bonds is 10. The number of carbonyl (C=O) groups is 1. The van der Waals surface area contributed by atoms with E-state index in [4.69, 9.17) is 5.11 Å². The van der Waals surface area contributed by atoms with Crippen LogP contribution in [0.5, 0.6) is 0 Å². The first-order valence-corrected chi connectivity index (χ1v) is 8.95. The van der Waals surface area contributed by atoms with E-state index in [1.807, 2.05) is 34.6 Å². The van der Waals surface area contributed by atoms with Crippen molar-refractivity contribution in [2.75, 3.05) is 13.1 Å². The summed E-state index contributed by atoms with van der Waals surface area (Å²) in [5, 5.41) is 8.97. The Morgan fingerprint density at radius 2 is 1.67 bits per heavy atom. The van der Waals surface area contributed by atoms with Gasteiger partial charge in [-0.25, -0.2) is 0 Å². The smallest absolute Gasteiger partial charge is 0.304 e. The van der Waals surface area contributed by atoms with Gasteiger partial charge in [-0.15, -0.1) is 0 Å². The maximum atomic E-state index is 12.4. The van der Waals surface area contributed by atoms with E-state index < -0.39 is 22.2 Å². The molecule has 0 bridgehead atoms. The lowest BCUT2D eigenvalue weighted by molar-refractivity contribution is -0.137. The van der Waals surface area contributed by atoms with E-state index in [9.17, 15) is 13.2 Å². The van der Waals surface area contributed by atoms with Gasteiger partial charge in [0.05, 0.1) is 6.42 Å². The average molecular weight is 322 g/mol. The van der Waals surface area contributed by atoms with Crippen LogP contribution in [0.4, 0.5) is 0 Å². The van der Waals surface area contributed by atoms with Gasteiger partial charge in [-0.05, 0) is 24.7 Å². The quantitative estimate of drug-likeness (QED) is 0.645. The molecule has 0 aromatic rings. The van der Waals surface area contributed by atoms with Crippen LogP contribution < -0.4 is 4.72 Å². The highest BCUT2D eigenvalue weighted by Gasteiger charge is 2.28. The number of carboxylic acid groups (broad SMARTS) is 1. The Morgan fingerprint density at radius 1 is 1.19 bits per heavy atom. The molecule has 1 unspecified atom stereocenters. The van der Waals surface area contributed by atoms with E-state index in [-0.39, 0.29) is 11.8 Å². The van der Waals surface area contributed by atoms with Crippen molar-refractivity contribution < 1.29 is 18.3 Å². The summed E-state index contributed by atoms with van der Waals surface area (Å²) in [6.45, 7) is 10.6. The van der Waals surface area contributed by atoms with Crippen LogP contribution in [-0.4, -0.2) is 42.9 Å². The lowest BCUT2D eigenvalue weighted by Crippen LogP contribution is -2.47. The Hall–Kier alpha value is -0.660. The highest BCUT2D eigenvalue weighted by Crippen LogP contribution is 2.23. The molecule has 0 aliphatic rings. The zero-order valence-corrected chi connectivity index (χ0v) is 14.7. The summed E-state index contributed by atoms with van der Waals surface area (Å²) in [4.78, 5) is 11.0. The second-order valence-corrected chi connectivity index (χ2v) is 8.28. The van der Waals surface area contributed by atoms with Crippen LogP contribution in [-0.2, 0) is 15.0 Å². The third-order valence-corrected chi connectivity index (χ3v) is 4.56. The van der Waals surface area contributed by atoms with Gasteiger partial charge in [-0.1, -0.05) is 34.6 Å². The normalized spacial score (nSPS) is 14.4. The molecule has 0 aromatic carbocycles. The fourth-order valence-electron chi connectivity index (χ4n) is 2.24. The zero-order chi connectivity index (χ0) is 16.7. The van der Waals surface area contributed by atoms with Gasteiger partial charge in [-0.3, -0.25) is 4.79 Å². The first-order valence-electron chi connectivity index (χ1n) is 7.51. The molecule has 0 aliphatic heterocycles. The van der Waals surface area contributed by atoms with E-state index in [1.54, 1.807) is 0 Å². The number of hydrogen-bond acceptors (Lipinski definition) is 3. The van der Waals surface area contributed by atoms with Crippen LogP contribution in [0.3, 0.4) is 0 Å². The molecule has 7 heteroatoms. The molecule has 0 spiro atoms. The largest absolute Gasteiger partial charge is 0.481 e. The first kappa shape index (κ1) is 20.3. The number of nitrogens with one attached hydrogen (secondary N) is 1. The topological polar surface area (TPSA) is 86.7 Å². The van der Waals surface area contributed by atoms with Crippen molar-refractivity contribution in [2.45, 2.75) is 66.3 Å². The first-order chi connectivity index (χ1) is 9.51. The van der Waals surface area contributed by atoms with E-state index in [0.29, 0.717) is 19.5 Å². The molecule has 1 atom stereocenters. The standard InChI is InChI=1S/C14H30N2O4S/c1-6-8-16(9-7-2)21(19,20)15-12(10-13(17)18)11-14(3,4)5/h12,15H,6-11H2,1-5H3,(H,17,18). The van der Waals surface area contributed by atoms with E-state index in [2.05, 4.69) is 4.72 Å². The Morgan fingerprint density at radius 3 is 2.00 bits per heavy atom. The van der Waals surface area contributed by atoms with Gasteiger partial charge in [0.2, 0.25) is 0 Å². The minimum absolute atomic E-state index is 0.150. The van der Waals surface area contributed by atoms with Gasteiger partial charge in [0.25, 0.3) is 10.2 Å². The number of nitrogens with zero attached hydrogens (tertiary/aromatic N) is 1. The van der Waals surface area contributed by atoms with Crippen LogP contribution in [0.1, 0.15) is 60.3 Å². The minimum Gasteiger partial charge on any atom is -0.481 e. The third-order valence-electron chi connectivity index (χ3n) is 2.88. The van der Waals surface area contributed by atoms with E-state index in [0.717, 1.165) is 12.8 Å². The van der Waals surface area contributed by atoms with Gasteiger partial charge in [-0.2, -0.15) is 17.4 Å². The fraction of sp³-hybridized carbons (Fsp3) is 0.929. The van der Waals surface area contributed by atoms with Gasteiger partial charge < -0.3 is 5.11 Å².